The highest BCUT2D eigenvalue weighted by Gasteiger charge is 2.29. The Bertz CT molecular complexity index is 1020. The van der Waals surface area contributed by atoms with E-state index in [0.717, 1.165) is 12.1 Å². The number of oxazole rings is 1. The van der Waals surface area contributed by atoms with Crippen molar-refractivity contribution in [1.29, 1.82) is 0 Å². The molecule has 0 spiro atoms. The number of amides is 1. The molecule has 0 aliphatic carbocycles. The van der Waals surface area contributed by atoms with Gasteiger partial charge in [-0.3, -0.25) is 9.36 Å². The van der Waals surface area contributed by atoms with Crippen LogP contribution in [0.3, 0.4) is 0 Å². The first-order valence-electron chi connectivity index (χ1n) is 8.74. The minimum absolute atomic E-state index is 0.152. The molecule has 3 rings (SSSR count). The molecule has 2 aromatic carbocycles. The maximum atomic E-state index is 12.6. The second-order valence-electron chi connectivity index (χ2n) is 6.54. The largest absolute Gasteiger partial charge is 0.419 e. The lowest BCUT2D eigenvalue weighted by atomic mass is 10.1. The summed E-state index contributed by atoms with van der Waals surface area (Å²) >= 11 is 0. The predicted octanol–water partition coefficient (Wildman–Crippen LogP) is 4.05. The smallest absolute Gasteiger partial charge is 0.408 e. The fraction of sp³-hybridized carbons (Fsp3) is 0.300. The lowest BCUT2D eigenvalue weighted by Crippen LogP contribution is -2.26. The molecular weight excluding hydrogens is 373 g/mol. The Morgan fingerprint density at radius 2 is 1.79 bits per heavy atom. The Hall–Kier alpha value is -3.03. The zero-order valence-electron chi connectivity index (χ0n) is 15.2. The van der Waals surface area contributed by atoms with E-state index in [-0.39, 0.29) is 18.9 Å². The molecular formula is C20H19F3N2O3. The molecule has 148 valence electrons. The number of hydrogen-bond donors (Lipinski definition) is 0. The summed E-state index contributed by atoms with van der Waals surface area (Å²) in [4.78, 5) is 25.7. The summed E-state index contributed by atoms with van der Waals surface area (Å²) < 4.78 is 44.4. The Kier molecular flexibility index (Phi) is 5.58. The SMILES string of the molecule is CN(Cc1ccc(C(F)(F)F)cc1)C(=O)CCCn1c(=O)oc2ccccc21. The average molecular weight is 392 g/mol. The molecule has 5 nitrogen and oxygen atoms in total. The van der Waals surface area contributed by atoms with Gasteiger partial charge in [-0.15, -0.1) is 0 Å². The molecule has 1 amide bonds. The number of rotatable bonds is 6. The van der Waals surface area contributed by atoms with Crippen molar-refractivity contribution in [3.05, 3.63) is 70.2 Å². The molecule has 0 radical (unpaired) electrons. The minimum Gasteiger partial charge on any atom is -0.408 e. The summed E-state index contributed by atoms with van der Waals surface area (Å²) in [5.74, 6) is -0.618. The maximum absolute atomic E-state index is 12.6. The number of aromatic nitrogens is 1. The van der Waals surface area contributed by atoms with Crippen molar-refractivity contribution in [1.82, 2.24) is 9.47 Å². The number of hydrogen-bond acceptors (Lipinski definition) is 3. The first kappa shape index (κ1) is 19.7. The normalized spacial score (nSPS) is 11.7. The van der Waals surface area contributed by atoms with Crippen LogP contribution in [0.5, 0.6) is 0 Å². The van der Waals surface area contributed by atoms with E-state index in [1.807, 2.05) is 0 Å². The number of alkyl halides is 3. The maximum Gasteiger partial charge on any atom is 0.419 e. The molecule has 0 saturated heterocycles. The van der Waals surface area contributed by atoms with Crippen LogP contribution in [0, 0.1) is 0 Å². The number of aryl methyl sites for hydroxylation is 1. The van der Waals surface area contributed by atoms with Gasteiger partial charge in [0.25, 0.3) is 0 Å². The monoisotopic (exact) mass is 392 g/mol. The number of benzene rings is 2. The molecule has 0 N–H and O–H groups in total. The molecule has 0 unspecified atom stereocenters. The Morgan fingerprint density at radius 1 is 1.11 bits per heavy atom. The van der Waals surface area contributed by atoms with Gasteiger partial charge in [0.15, 0.2) is 5.58 Å². The molecule has 0 fully saturated rings. The third-order valence-corrected chi connectivity index (χ3v) is 4.47. The van der Waals surface area contributed by atoms with Gasteiger partial charge in [0, 0.05) is 26.6 Å². The van der Waals surface area contributed by atoms with Crippen LogP contribution in [0.4, 0.5) is 13.2 Å². The van der Waals surface area contributed by atoms with Crippen LogP contribution in [-0.2, 0) is 24.1 Å². The van der Waals surface area contributed by atoms with Gasteiger partial charge in [-0.05, 0) is 36.2 Å². The van der Waals surface area contributed by atoms with Gasteiger partial charge in [0.05, 0.1) is 11.1 Å². The summed E-state index contributed by atoms with van der Waals surface area (Å²) in [7, 11) is 1.60. The zero-order valence-corrected chi connectivity index (χ0v) is 15.2. The second-order valence-corrected chi connectivity index (χ2v) is 6.54. The zero-order chi connectivity index (χ0) is 20.3. The quantitative estimate of drug-likeness (QED) is 0.636. The predicted molar refractivity (Wildman–Crippen MR) is 97.6 cm³/mol. The van der Waals surface area contributed by atoms with Crippen molar-refractivity contribution in [2.24, 2.45) is 0 Å². The molecule has 3 aromatic rings. The van der Waals surface area contributed by atoms with Gasteiger partial charge in [-0.2, -0.15) is 13.2 Å². The van der Waals surface area contributed by atoms with Crippen molar-refractivity contribution >= 4 is 17.0 Å². The lowest BCUT2D eigenvalue weighted by molar-refractivity contribution is -0.137. The number of para-hydroxylation sites is 2. The van der Waals surface area contributed by atoms with Crippen LogP contribution in [-0.4, -0.2) is 22.4 Å². The number of carbonyl (C=O) groups excluding carboxylic acids is 1. The average Bonchev–Trinajstić information content (AvgIpc) is 2.97. The fourth-order valence-corrected chi connectivity index (χ4v) is 2.97. The summed E-state index contributed by atoms with van der Waals surface area (Å²) in [6.45, 7) is 0.557. The highest BCUT2D eigenvalue weighted by Crippen LogP contribution is 2.29. The third-order valence-electron chi connectivity index (χ3n) is 4.47. The van der Waals surface area contributed by atoms with Gasteiger partial charge >= 0.3 is 11.9 Å². The molecule has 28 heavy (non-hydrogen) atoms. The number of fused-ring (bicyclic) bond motifs is 1. The molecule has 0 bridgehead atoms. The fourth-order valence-electron chi connectivity index (χ4n) is 2.97. The standard InChI is InChI=1S/C20H19F3N2O3/c1-24(13-14-8-10-15(11-9-14)20(21,22)23)18(26)7-4-12-25-16-5-2-3-6-17(16)28-19(25)27/h2-3,5-6,8-11H,4,7,12-13H2,1H3. The summed E-state index contributed by atoms with van der Waals surface area (Å²) in [5.41, 5.74) is 1.07. The van der Waals surface area contributed by atoms with Crippen molar-refractivity contribution in [2.75, 3.05) is 7.05 Å². The number of carbonyl (C=O) groups is 1. The lowest BCUT2D eigenvalue weighted by Gasteiger charge is -2.18. The summed E-state index contributed by atoms with van der Waals surface area (Å²) in [6.07, 6.45) is -3.72. The second kappa shape index (κ2) is 7.92. The Labute approximate surface area is 159 Å². The molecule has 0 saturated carbocycles. The van der Waals surface area contributed by atoms with Crippen LogP contribution in [0.15, 0.2) is 57.7 Å². The van der Waals surface area contributed by atoms with E-state index in [4.69, 9.17) is 4.42 Å². The first-order valence-corrected chi connectivity index (χ1v) is 8.74. The van der Waals surface area contributed by atoms with Gasteiger partial charge < -0.3 is 9.32 Å². The molecule has 1 heterocycles. The van der Waals surface area contributed by atoms with E-state index < -0.39 is 17.5 Å². The van der Waals surface area contributed by atoms with E-state index in [1.165, 1.54) is 21.6 Å². The number of nitrogens with zero attached hydrogens (tertiary/aromatic N) is 2. The molecule has 1 aromatic heterocycles. The third kappa shape index (κ3) is 4.44. The van der Waals surface area contributed by atoms with E-state index in [1.54, 1.807) is 31.3 Å². The van der Waals surface area contributed by atoms with Gasteiger partial charge in [-0.25, -0.2) is 4.79 Å². The Morgan fingerprint density at radius 3 is 2.46 bits per heavy atom. The minimum atomic E-state index is -4.38. The molecule has 0 aliphatic rings. The highest BCUT2D eigenvalue weighted by molar-refractivity contribution is 5.76. The summed E-state index contributed by atoms with van der Waals surface area (Å²) in [6, 6.07) is 11.8. The molecule has 0 aliphatic heterocycles. The topological polar surface area (TPSA) is 55.5 Å². The van der Waals surface area contributed by atoms with E-state index in [0.29, 0.717) is 29.6 Å². The van der Waals surface area contributed by atoms with Crippen molar-refractivity contribution in [3.63, 3.8) is 0 Å². The van der Waals surface area contributed by atoms with E-state index >= 15 is 0 Å². The van der Waals surface area contributed by atoms with Crippen LogP contribution < -0.4 is 5.76 Å². The molecule has 0 atom stereocenters. The van der Waals surface area contributed by atoms with E-state index in [2.05, 4.69) is 0 Å². The van der Waals surface area contributed by atoms with Crippen LogP contribution >= 0.6 is 0 Å². The van der Waals surface area contributed by atoms with Crippen LogP contribution in [0.25, 0.3) is 11.1 Å². The van der Waals surface area contributed by atoms with E-state index in [9.17, 15) is 22.8 Å². The van der Waals surface area contributed by atoms with Crippen molar-refractivity contribution < 1.29 is 22.4 Å². The Balaban J connectivity index is 1.54. The summed E-state index contributed by atoms with van der Waals surface area (Å²) in [5, 5.41) is 0. The van der Waals surface area contributed by atoms with Gasteiger partial charge in [0.1, 0.15) is 0 Å². The van der Waals surface area contributed by atoms with Crippen molar-refractivity contribution in [3.8, 4) is 0 Å². The van der Waals surface area contributed by atoms with Crippen molar-refractivity contribution in [2.45, 2.75) is 32.1 Å². The van der Waals surface area contributed by atoms with Crippen LogP contribution in [0.1, 0.15) is 24.0 Å². The highest BCUT2D eigenvalue weighted by atomic mass is 19.4. The number of halogens is 3. The van der Waals surface area contributed by atoms with Gasteiger partial charge in [0.2, 0.25) is 5.91 Å². The first-order chi connectivity index (χ1) is 13.3. The molecule has 8 heteroatoms. The van der Waals surface area contributed by atoms with Crippen LogP contribution in [0.2, 0.25) is 0 Å². The van der Waals surface area contributed by atoms with Gasteiger partial charge in [-0.1, -0.05) is 24.3 Å².